The van der Waals surface area contributed by atoms with E-state index in [0.717, 1.165) is 5.56 Å². The zero-order chi connectivity index (χ0) is 27.9. The summed E-state index contributed by atoms with van der Waals surface area (Å²) >= 11 is 0. The molecule has 3 aromatic rings. The zero-order valence-electron chi connectivity index (χ0n) is 22.1. The fraction of sp³-hybridized carbons (Fsp3) is 0.407. The first-order valence-corrected chi connectivity index (χ1v) is 12.8. The molecule has 206 valence electrons. The van der Waals surface area contributed by atoms with Crippen LogP contribution in [-0.4, -0.2) is 57.8 Å². The van der Waals surface area contributed by atoms with Crippen LogP contribution in [0.5, 0.6) is 0 Å². The molecule has 1 aliphatic heterocycles. The Labute approximate surface area is 225 Å². The fourth-order valence-electron chi connectivity index (χ4n) is 4.24. The second-order valence-electron chi connectivity index (χ2n) is 9.85. The van der Waals surface area contributed by atoms with E-state index in [1.807, 2.05) is 44.2 Å². The van der Waals surface area contributed by atoms with Gasteiger partial charge < -0.3 is 29.8 Å². The van der Waals surface area contributed by atoms with Crippen molar-refractivity contribution in [3.63, 3.8) is 0 Å². The summed E-state index contributed by atoms with van der Waals surface area (Å²) in [5, 5.41) is 12.2. The first kappa shape index (κ1) is 27.6. The number of fused-ring (bicyclic) bond motifs is 4. The van der Waals surface area contributed by atoms with Gasteiger partial charge in [0.25, 0.3) is 11.8 Å². The smallest absolute Gasteiger partial charge is 0.274 e. The van der Waals surface area contributed by atoms with E-state index >= 15 is 0 Å². The number of aromatic nitrogens is 2. The number of hydrogen-bond acceptors (Lipinski definition) is 8. The molecule has 12 heteroatoms. The third-order valence-corrected chi connectivity index (χ3v) is 6.23. The van der Waals surface area contributed by atoms with E-state index in [4.69, 9.17) is 8.94 Å². The molecule has 3 heterocycles. The summed E-state index contributed by atoms with van der Waals surface area (Å²) in [6.45, 7) is 5.73. The molecule has 0 radical (unpaired) electrons. The Kier molecular flexibility index (Phi) is 8.74. The average Bonchev–Trinajstić information content (AvgIpc) is 3.57. The third kappa shape index (κ3) is 7.30. The van der Waals surface area contributed by atoms with Crippen LogP contribution < -0.4 is 16.0 Å². The van der Waals surface area contributed by atoms with Crippen molar-refractivity contribution in [2.45, 2.75) is 52.2 Å². The predicted molar refractivity (Wildman–Crippen MR) is 138 cm³/mol. The Bertz CT molecular complexity index is 1320. The highest BCUT2D eigenvalue weighted by Crippen LogP contribution is 2.22. The van der Waals surface area contributed by atoms with E-state index in [1.165, 1.54) is 24.2 Å². The van der Waals surface area contributed by atoms with Crippen LogP contribution in [-0.2, 0) is 22.6 Å². The number of rotatable bonds is 4. The summed E-state index contributed by atoms with van der Waals surface area (Å²) in [5.41, 5.74) is 0.864. The molecule has 0 fully saturated rings. The van der Waals surface area contributed by atoms with Crippen LogP contribution in [0, 0.1) is 5.92 Å². The van der Waals surface area contributed by atoms with Crippen LogP contribution >= 0.6 is 0 Å². The van der Waals surface area contributed by atoms with Crippen molar-refractivity contribution in [2.24, 2.45) is 5.92 Å². The summed E-state index contributed by atoms with van der Waals surface area (Å²) in [4.78, 5) is 57.3. The Morgan fingerprint density at radius 1 is 1.08 bits per heavy atom. The molecule has 3 N–H and O–H groups in total. The van der Waals surface area contributed by atoms with Gasteiger partial charge in [-0.05, 0) is 17.9 Å². The van der Waals surface area contributed by atoms with Gasteiger partial charge in [-0.1, -0.05) is 49.3 Å². The first-order chi connectivity index (χ1) is 18.7. The lowest BCUT2D eigenvalue weighted by Gasteiger charge is -2.22. The minimum Gasteiger partial charge on any atom is -0.446 e. The van der Waals surface area contributed by atoms with E-state index in [0.29, 0.717) is 12.2 Å². The molecule has 1 aliphatic rings. The number of carbonyl (C=O) groups is 4. The van der Waals surface area contributed by atoms with Gasteiger partial charge in [-0.15, -0.1) is 0 Å². The van der Waals surface area contributed by atoms with Crippen LogP contribution in [0.1, 0.15) is 71.4 Å². The highest BCUT2D eigenvalue weighted by molar-refractivity contribution is 5.96. The second-order valence-corrected chi connectivity index (χ2v) is 9.85. The SMILES string of the molecule is CC(=O)N1CCNC(=O)[C@H](Cc2ccccc2)NC(=O)c2coc(n2)[C@@H](CC(C)C)NC(=O)c2cc(on2)C1. The lowest BCUT2D eigenvalue weighted by molar-refractivity contribution is -0.130. The fourth-order valence-corrected chi connectivity index (χ4v) is 4.24. The van der Waals surface area contributed by atoms with Crippen LogP contribution in [0.2, 0.25) is 0 Å². The van der Waals surface area contributed by atoms with Gasteiger partial charge in [0.2, 0.25) is 17.7 Å². The van der Waals surface area contributed by atoms with Crippen molar-refractivity contribution in [1.29, 1.82) is 0 Å². The molecule has 0 saturated heterocycles. The van der Waals surface area contributed by atoms with Crippen molar-refractivity contribution in [2.75, 3.05) is 13.1 Å². The third-order valence-electron chi connectivity index (χ3n) is 6.23. The van der Waals surface area contributed by atoms with Gasteiger partial charge in [-0.25, -0.2) is 4.98 Å². The number of hydrogen-bond donors (Lipinski definition) is 3. The Balaban J connectivity index is 1.65. The number of oxazole rings is 1. The van der Waals surface area contributed by atoms with Crippen molar-refractivity contribution < 1.29 is 28.1 Å². The van der Waals surface area contributed by atoms with Gasteiger partial charge in [0.15, 0.2) is 17.1 Å². The molecule has 1 aromatic carbocycles. The minimum atomic E-state index is -0.910. The van der Waals surface area contributed by atoms with Crippen LogP contribution in [0.25, 0.3) is 0 Å². The number of nitrogens with zero attached hydrogens (tertiary/aromatic N) is 3. The van der Waals surface area contributed by atoms with Gasteiger partial charge in [0.1, 0.15) is 18.3 Å². The zero-order valence-corrected chi connectivity index (χ0v) is 22.1. The summed E-state index contributed by atoms with van der Waals surface area (Å²) in [5.74, 6) is -1.13. The van der Waals surface area contributed by atoms with E-state index in [2.05, 4.69) is 26.1 Å². The normalized spacial score (nSPS) is 19.1. The number of carbonyl (C=O) groups excluding carboxylic acids is 4. The Hall–Kier alpha value is -4.48. The summed E-state index contributed by atoms with van der Waals surface area (Å²) in [7, 11) is 0. The van der Waals surface area contributed by atoms with Crippen LogP contribution in [0.3, 0.4) is 0 Å². The Morgan fingerprint density at radius 3 is 2.51 bits per heavy atom. The highest BCUT2D eigenvalue weighted by Gasteiger charge is 2.28. The largest absolute Gasteiger partial charge is 0.446 e. The summed E-state index contributed by atoms with van der Waals surface area (Å²) in [6.07, 6.45) is 1.93. The van der Waals surface area contributed by atoms with Gasteiger partial charge >= 0.3 is 0 Å². The molecular formula is C27H32N6O6. The van der Waals surface area contributed by atoms with E-state index < -0.39 is 29.8 Å². The lowest BCUT2D eigenvalue weighted by Crippen LogP contribution is -2.49. The molecule has 0 spiro atoms. The van der Waals surface area contributed by atoms with Gasteiger partial charge in [-0.2, -0.15) is 0 Å². The summed E-state index contributed by atoms with van der Waals surface area (Å²) < 4.78 is 10.9. The average molecular weight is 537 g/mol. The minimum absolute atomic E-state index is 0.0218. The molecule has 0 saturated carbocycles. The van der Waals surface area contributed by atoms with E-state index in [9.17, 15) is 19.2 Å². The van der Waals surface area contributed by atoms with Crippen molar-refractivity contribution >= 4 is 23.6 Å². The van der Waals surface area contributed by atoms with Gasteiger partial charge in [-0.3, -0.25) is 19.2 Å². The molecule has 4 bridgehead atoms. The van der Waals surface area contributed by atoms with Crippen molar-refractivity contribution in [3.8, 4) is 0 Å². The van der Waals surface area contributed by atoms with Crippen molar-refractivity contribution in [3.05, 3.63) is 71.3 Å². The molecule has 39 heavy (non-hydrogen) atoms. The van der Waals surface area contributed by atoms with Crippen LogP contribution in [0.4, 0.5) is 0 Å². The maximum Gasteiger partial charge on any atom is 0.274 e. The van der Waals surface area contributed by atoms with E-state index in [1.54, 1.807) is 0 Å². The monoisotopic (exact) mass is 536 g/mol. The molecular weight excluding hydrogens is 504 g/mol. The number of amides is 4. The summed E-state index contributed by atoms with van der Waals surface area (Å²) in [6, 6.07) is 9.20. The second kappa shape index (κ2) is 12.4. The predicted octanol–water partition coefficient (Wildman–Crippen LogP) is 2.00. The van der Waals surface area contributed by atoms with Gasteiger partial charge in [0.05, 0.1) is 6.54 Å². The quantitative estimate of drug-likeness (QED) is 0.456. The van der Waals surface area contributed by atoms with E-state index in [-0.39, 0.29) is 55.2 Å². The number of nitrogens with one attached hydrogen (secondary N) is 3. The Morgan fingerprint density at radius 2 is 1.79 bits per heavy atom. The molecule has 2 atom stereocenters. The standard InChI is InChI=1S/C27H32N6O6/c1-16(2)11-22-27-31-23(15-38-27)26(37)29-20(12-18-7-5-4-6-8-18)24(35)28-9-10-33(17(3)34)14-19-13-21(32-39-19)25(36)30-22/h4-8,13,15-16,20,22H,9-12,14H2,1-3H3,(H,28,35)(H,29,37)(H,30,36)/t20-,22+/m0/s1. The molecule has 0 aliphatic carbocycles. The lowest BCUT2D eigenvalue weighted by atomic mass is 10.0. The molecule has 4 rings (SSSR count). The molecule has 2 aromatic heterocycles. The molecule has 12 nitrogen and oxygen atoms in total. The highest BCUT2D eigenvalue weighted by atomic mass is 16.5. The molecule has 4 amide bonds. The maximum absolute atomic E-state index is 13.2. The van der Waals surface area contributed by atoms with Crippen molar-refractivity contribution in [1.82, 2.24) is 31.0 Å². The number of benzene rings is 1. The van der Waals surface area contributed by atoms with Gasteiger partial charge in [0, 0.05) is 32.5 Å². The molecule has 0 unspecified atom stereocenters. The first-order valence-electron chi connectivity index (χ1n) is 12.8. The topological polar surface area (TPSA) is 160 Å². The maximum atomic E-state index is 13.2. The van der Waals surface area contributed by atoms with Crippen LogP contribution in [0.15, 0.2) is 51.6 Å².